The molecule has 1 saturated heterocycles. The zero-order chi connectivity index (χ0) is 22.0. The molecule has 2 aromatic rings. The molecule has 0 radical (unpaired) electrons. The predicted octanol–water partition coefficient (Wildman–Crippen LogP) is 3.82. The van der Waals surface area contributed by atoms with Crippen LogP contribution in [0, 0.1) is 11.7 Å². The molecule has 1 aliphatic carbocycles. The van der Waals surface area contributed by atoms with Crippen molar-refractivity contribution in [3.63, 3.8) is 0 Å². The Labute approximate surface area is 187 Å². The monoisotopic (exact) mass is 443 g/mol. The van der Waals surface area contributed by atoms with Crippen molar-refractivity contribution >= 4 is 28.8 Å². The summed E-state index contributed by atoms with van der Waals surface area (Å²) in [4.78, 5) is 34.0. The van der Waals surface area contributed by atoms with Crippen molar-refractivity contribution in [2.75, 3.05) is 44.2 Å². The fourth-order valence-electron chi connectivity index (χ4n) is 4.60. The highest BCUT2D eigenvalue weighted by Gasteiger charge is 2.32. The first-order valence-corrected chi connectivity index (χ1v) is 12.0. The van der Waals surface area contributed by atoms with Crippen LogP contribution in [0.4, 0.5) is 10.1 Å². The van der Waals surface area contributed by atoms with Crippen LogP contribution in [0.5, 0.6) is 0 Å². The summed E-state index contributed by atoms with van der Waals surface area (Å²) in [6, 6.07) is 8.57. The third kappa shape index (κ3) is 4.61. The molecule has 2 aliphatic rings. The number of rotatable bonds is 5. The van der Waals surface area contributed by atoms with Gasteiger partial charge in [0.25, 0.3) is 5.91 Å². The van der Waals surface area contributed by atoms with E-state index in [0.29, 0.717) is 26.2 Å². The molecule has 7 heteroatoms. The second-order valence-electron chi connectivity index (χ2n) is 8.26. The third-order valence-electron chi connectivity index (χ3n) is 6.48. The maximum Gasteiger partial charge on any atom is 0.263 e. The Morgan fingerprint density at radius 2 is 1.77 bits per heavy atom. The summed E-state index contributed by atoms with van der Waals surface area (Å²) in [6.45, 7) is 8.32. The molecule has 1 aliphatic heterocycles. The van der Waals surface area contributed by atoms with Crippen LogP contribution in [0.3, 0.4) is 0 Å². The molecule has 31 heavy (non-hydrogen) atoms. The molecule has 5 nitrogen and oxygen atoms in total. The number of thiophene rings is 1. The fraction of sp³-hybridized carbons (Fsp3) is 0.500. The minimum absolute atomic E-state index is 0.00382. The maximum atomic E-state index is 13.2. The van der Waals surface area contributed by atoms with Crippen LogP contribution in [0.1, 0.15) is 40.4 Å². The molecule has 1 aromatic carbocycles. The van der Waals surface area contributed by atoms with E-state index in [1.165, 1.54) is 22.6 Å². The van der Waals surface area contributed by atoms with E-state index < -0.39 is 0 Å². The molecule has 1 fully saturated rings. The molecule has 0 unspecified atom stereocenters. The van der Waals surface area contributed by atoms with Gasteiger partial charge in [-0.15, -0.1) is 11.3 Å². The fourth-order valence-corrected chi connectivity index (χ4v) is 5.78. The zero-order valence-electron chi connectivity index (χ0n) is 18.3. The standard InChI is InChI=1S/C24H30FN3O2S/c1-3-26(4-2)24(30)22-16-18-15-17(5-10-21(18)31-22)23(29)28-13-11-27(12-14-28)20-8-6-19(25)7-9-20/h6-9,16-17H,3-5,10-15H2,1-2H3/t17-/m0/s1. The molecular weight excluding hydrogens is 413 g/mol. The summed E-state index contributed by atoms with van der Waals surface area (Å²) in [5.74, 6) is 0.0944. The Morgan fingerprint density at radius 1 is 1.10 bits per heavy atom. The van der Waals surface area contributed by atoms with E-state index in [1.54, 1.807) is 23.5 Å². The molecule has 1 aromatic heterocycles. The first-order valence-electron chi connectivity index (χ1n) is 11.2. The number of carbonyl (C=O) groups is 2. The van der Waals surface area contributed by atoms with Gasteiger partial charge < -0.3 is 14.7 Å². The normalized spacial score (nSPS) is 18.6. The van der Waals surface area contributed by atoms with Crippen LogP contribution >= 0.6 is 11.3 Å². The van der Waals surface area contributed by atoms with Gasteiger partial charge in [-0.3, -0.25) is 9.59 Å². The first kappa shape index (κ1) is 21.8. The predicted molar refractivity (Wildman–Crippen MR) is 122 cm³/mol. The van der Waals surface area contributed by atoms with E-state index in [4.69, 9.17) is 0 Å². The highest BCUT2D eigenvalue weighted by atomic mass is 32.1. The summed E-state index contributed by atoms with van der Waals surface area (Å²) >= 11 is 1.60. The summed E-state index contributed by atoms with van der Waals surface area (Å²) in [5.41, 5.74) is 2.18. The SMILES string of the molecule is CCN(CC)C(=O)c1cc2c(s1)CC[C@H](C(=O)N1CCN(c3ccc(F)cc3)CC1)C2. The summed E-state index contributed by atoms with van der Waals surface area (Å²) in [5, 5.41) is 0. The number of hydrogen-bond acceptors (Lipinski definition) is 4. The lowest BCUT2D eigenvalue weighted by Crippen LogP contribution is -2.51. The lowest BCUT2D eigenvalue weighted by atomic mass is 9.87. The van der Waals surface area contributed by atoms with Gasteiger partial charge in [0.2, 0.25) is 5.91 Å². The van der Waals surface area contributed by atoms with Crippen LogP contribution in [0.15, 0.2) is 30.3 Å². The average molecular weight is 444 g/mol. The number of anilines is 1. The highest BCUT2D eigenvalue weighted by Crippen LogP contribution is 2.34. The van der Waals surface area contributed by atoms with Crippen LogP contribution in [0.25, 0.3) is 0 Å². The number of nitrogens with zero attached hydrogens (tertiary/aromatic N) is 3. The van der Waals surface area contributed by atoms with Crippen molar-refractivity contribution in [1.29, 1.82) is 0 Å². The molecule has 0 N–H and O–H groups in total. The van der Waals surface area contributed by atoms with E-state index in [9.17, 15) is 14.0 Å². The molecule has 1 atom stereocenters. The molecule has 2 heterocycles. The molecule has 166 valence electrons. The lowest BCUT2D eigenvalue weighted by Gasteiger charge is -2.38. The van der Waals surface area contributed by atoms with E-state index in [-0.39, 0.29) is 23.5 Å². The summed E-state index contributed by atoms with van der Waals surface area (Å²) < 4.78 is 13.2. The van der Waals surface area contributed by atoms with Gasteiger partial charge in [-0.25, -0.2) is 4.39 Å². The van der Waals surface area contributed by atoms with E-state index in [0.717, 1.165) is 42.9 Å². The maximum absolute atomic E-state index is 13.2. The Bertz CT molecular complexity index is 931. The van der Waals surface area contributed by atoms with Crippen LogP contribution < -0.4 is 4.90 Å². The summed E-state index contributed by atoms with van der Waals surface area (Å²) in [6.07, 6.45) is 2.45. The molecule has 0 saturated carbocycles. The molecular formula is C24H30FN3O2S. The Morgan fingerprint density at radius 3 is 2.42 bits per heavy atom. The van der Waals surface area contributed by atoms with Crippen LogP contribution in [0.2, 0.25) is 0 Å². The number of benzene rings is 1. The van der Waals surface area contributed by atoms with Crippen LogP contribution in [-0.2, 0) is 17.6 Å². The minimum Gasteiger partial charge on any atom is -0.368 e. The van der Waals surface area contributed by atoms with Crippen molar-refractivity contribution in [2.24, 2.45) is 5.92 Å². The molecule has 0 bridgehead atoms. The number of amides is 2. The summed E-state index contributed by atoms with van der Waals surface area (Å²) in [7, 11) is 0. The van der Waals surface area contributed by atoms with Crippen molar-refractivity contribution in [2.45, 2.75) is 33.1 Å². The van der Waals surface area contributed by atoms with Crippen molar-refractivity contribution in [3.05, 3.63) is 51.5 Å². The van der Waals surface area contributed by atoms with Crippen LogP contribution in [-0.4, -0.2) is 60.9 Å². The van der Waals surface area contributed by atoms with Gasteiger partial charge in [-0.1, -0.05) is 0 Å². The number of aryl methyl sites for hydroxylation is 1. The van der Waals surface area contributed by atoms with E-state index in [2.05, 4.69) is 4.90 Å². The van der Waals surface area contributed by atoms with Gasteiger partial charge in [0.05, 0.1) is 4.88 Å². The second kappa shape index (κ2) is 9.39. The Balaban J connectivity index is 1.36. The van der Waals surface area contributed by atoms with Gasteiger partial charge >= 0.3 is 0 Å². The van der Waals surface area contributed by atoms with Gasteiger partial charge in [-0.05, 0) is 69.0 Å². The number of carbonyl (C=O) groups excluding carboxylic acids is 2. The largest absolute Gasteiger partial charge is 0.368 e. The Hall–Kier alpha value is -2.41. The second-order valence-corrected chi connectivity index (χ2v) is 9.40. The molecule has 2 amide bonds. The Kier molecular flexibility index (Phi) is 6.60. The quantitative estimate of drug-likeness (QED) is 0.706. The van der Waals surface area contributed by atoms with Crippen molar-refractivity contribution in [1.82, 2.24) is 9.80 Å². The number of piperazine rings is 1. The van der Waals surface area contributed by atoms with E-state index >= 15 is 0 Å². The number of fused-ring (bicyclic) bond motifs is 1. The molecule has 4 rings (SSSR count). The first-order chi connectivity index (χ1) is 15.0. The van der Waals surface area contributed by atoms with Crippen molar-refractivity contribution < 1.29 is 14.0 Å². The number of halogens is 1. The van der Waals surface area contributed by atoms with E-state index in [1.807, 2.05) is 29.7 Å². The third-order valence-corrected chi connectivity index (χ3v) is 7.70. The lowest BCUT2D eigenvalue weighted by molar-refractivity contribution is -0.136. The number of hydrogen-bond donors (Lipinski definition) is 0. The topological polar surface area (TPSA) is 43.9 Å². The van der Waals surface area contributed by atoms with Gasteiger partial charge in [0, 0.05) is 55.8 Å². The highest BCUT2D eigenvalue weighted by molar-refractivity contribution is 7.14. The smallest absolute Gasteiger partial charge is 0.263 e. The zero-order valence-corrected chi connectivity index (χ0v) is 19.1. The average Bonchev–Trinajstić information content (AvgIpc) is 3.23. The van der Waals surface area contributed by atoms with Gasteiger partial charge in [0.1, 0.15) is 5.82 Å². The van der Waals surface area contributed by atoms with Crippen molar-refractivity contribution in [3.8, 4) is 0 Å². The minimum atomic E-state index is -0.232. The molecule has 0 spiro atoms. The van der Waals surface area contributed by atoms with Gasteiger partial charge in [-0.2, -0.15) is 0 Å². The van der Waals surface area contributed by atoms with Gasteiger partial charge in [0.15, 0.2) is 0 Å².